The Balaban J connectivity index is 1.04. The van der Waals surface area contributed by atoms with Gasteiger partial charge >= 0.3 is 0 Å². The molecule has 4 aromatic heterocycles. The molecule has 0 aliphatic heterocycles. The molecule has 6 heteroatoms. The van der Waals surface area contributed by atoms with Crippen LogP contribution in [0.2, 0.25) is 0 Å². The van der Waals surface area contributed by atoms with E-state index < -0.39 is 0 Å². The van der Waals surface area contributed by atoms with Crippen LogP contribution in [0.4, 0.5) is 0 Å². The molecule has 13 aromatic rings. The van der Waals surface area contributed by atoms with E-state index in [1.807, 2.05) is 72.9 Å². The summed E-state index contributed by atoms with van der Waals surface area (Å²) in [5.74, 6) is 1.67. The van der Waals surface area contributed by atoms with Gasteiger partial charge in [-0.15, -0.1) is 0 Å². The number of furan rings is 1. The number of hydrogen-bond acceptors (Lipinski definition) is 5. The Labute approximate surface area is 392 Å². The number of benzene rings is 9. The Morgan fingerprint density at radius 3 is 1.56 bits per heavy atom. The van der Waals surface area contributed by atoms with Crippen molar-refractivity contribution in [1.82, 2.24) is 24.5 Å². The maximum atomic E-state index is 6.82. The zero-order valence-corrected chi connectivity index (χ0v) is 36.7. The average molecular weight is 870 g/mol. The zero-order chi connectivity index (χ0) is 45.0. The Hall–Kier alpha value is -9.26. The van der Waals surface area contributed by atoms with Crippen LogP contribution in [0, 0.1) is 0 Å². The number of para-hydroxylation sites is 2. The van der Waals surface area contributed by atoms with E-state index in [1.165, 1.54) is 5.39 Å². The van der Waals surface area contributed by atoms with Crippen molar-refractivity contribution < 1.29 is 4.42 Å². The molecule has 0 spiro atoms. The van der Waals surface area contributed by atoms with Crippen molar-refractivity contribution in [3.8, 4) is 84.5 Å². The van der Waals surface area contributed by atoms with Crippen molar-refractivity contribution in [2.45, 2.75) is 0 Å². The molecule has 68 heavy (non-hydrogen) atoms. The molecule has 0 N–H and O–H groups in total. The highest BCUT2D eigenvalue weighted by Crippen LogP contribution is 2.42. The van der Waals surface area contributed by atoms with Gasteiger partial charge in [0, 0.05) is 61.2 Å². The Morgan fingerprint density at radius 1 is 0.309 bits per heavy atom. The summed E-state index contributed by atoms with van der Waals surface area (Å²) < 4.78 is 9.16. The van der Waals surface area contributed by atoms with Crippen molar-refractivity contribution in [3.05, 3.63) is 237 Å². The number of pyridine rings is 1. The fourth-order valence-electron chi connectivity index (χ4n) is 9.64. The van der Waals surface area contributed by atoms with Crippen LogP contribution in [0.3, 0.4) is 0 Å². The SMILES string of the molecule is c1ccc(-c2ccc(-c3ccccc3)c(-c3cnc(-c4ccc5c(c4)oc4cc6c7ccccc7n(-c7ccccc7)c6cc45)c(-c4nc(-c5ccccc5)nc(-c5ccccc5)n4)c3)c2)cc1. The standard InChI is InChI=1S/C62H39N5O/c1-6-18-40(19-7-1)44-30-32-48(41-20-8-2-9-21-41)51(34-44)46-35-54(62-65-60(42-22-10-3-11-23-42)64-61(66-62)43-24-12-4-13-25-43)59(63-39-46)45-31-33-50-53-37-56-52(38-58(53)68-57(50)36-45)49-28-16-17-29-55(49)67(56)47-26-14-5-15-27-47/h1-39H. The molecule has 9 aromatic carbocycles. The van der Waals surface area contributed by atoms with Crippen LogP contribution in [0.25, 0.3) is 128 Å². The first-order valence-electron chi connectivity index (χ1n) is 22.8. The smallest absolute Gasteiger partial charge is 0.166 e. The Bertz CT molecular complexity index is 3940. The summed E-state index contributed by atoms with van der Waals surface area (Å²) in [7, 11) is 0. The first-order valence-corrected chi connectivity index (χ1v) is 22.8. The molecule has 0 aliphatic carbocycles. The molecule has 0 saturated carbocycles. The summed E-state index contributed by atoms with van der Waals surface area (Å²) in [5.41, 5.74) is 15.6. The molecular formula is C62H39N5O. The zero-order valence-electron chi connectivity index (χ0n) is 36.7. The second kappa shape index (κ2) is 16.3. The lowest BCUT2D eigenvalue weighted by Gasteiger charge is -2.16. The van der Waals surface area contributed by atoms with Gasteiger partial charge in [0.25, 0.3) is 0 Å². The highest BCUT2D eigenvalue weighted by atomic mass is 16.3. The predicted molar refractivity (Wildman–Crippen MR) is 277 cm³/mol. The largest absolute Gasteiger partial charge is 0.456 e. The minimum atomic E-state index is 0.517. The summed E-state index contributed by atoms with van der Waals surface area (Å²) in [6.45, 7) is 0. The van der Waals surface area contributed by atoms with Crippen molar-refractivity contribution in [2.24, 2.45) is 0 Å². The number of rotatable bonds is 8. The molecule has 0 atom stereocenters. The lowest BCUT2D eigenvalue weighted by Crippen LogP contribution is -2.02. The van der Waals surface area contributed by atoms with Gasteiger partial charge in [-0.1, -0.05) is 176 Å². The maximum absolute atomic E-state index is 6.82. The number of fused-ring (bicyclic) bond motifs is 6. The highest BCUT2D eigenvalue weighted by Gasteiger charge is 2.22. The van der Waals surface area contributed by atoms with Crippen LogP contribution in [0.15, 0.2) is 241 Å². The first-order chi connectivity index (χ1) is 33.7. The fourth-order valence-corrected chi connectivity index (χ4v) is 9.64. The summed E-state index contributed by atoms with van der Waals surface area (Å²) in [5, 5.41) is 4.39. The minimum absolute atomic E-state index is 0.517. The van der Waals surface area contributed by atoms with Crippen molar-refractivity contribution >= 4 is 43.7 Å². The van der Waals surface area contributed by atoms with Gasteiger partial charge in [-0.05, 0) is 82.4 Å². The Kier molecular flexibility index (Phi) is 9.39. The summed E-state index contributed by atoms with van der Waals surface area (Å²) in [6, 6.07) is 80.1. The van der Waals surface area contributed by atoms with Crippen LogP contribution in [0.5, 0.6) is 0 Å². The van der Waals surface area contributed by atoms with Crippen LogP contribution in [0.1, 0.15) is 0 Å². The molecule has 13 rings (SSSR count). The normalized spacial score (nSPS) is 11.5. The second-order valence-corrected chi connectivity index (χ2v) is 17.0. The maximum Gasteiger partial charge on any atom is 0.166 e. The fraction of sp³-hybridized carbons (Fsp3) is 0. The van der Waals surface area contributed by atoms with Crippen molar-refractivity contribution in [1.29, 1.82) is 0 Å². The topological polar surface area (TPSA) is 69.6 Å². The minimum Gasteiger partial charge on any atom is -0.456 e. The van der Waals surface area contributed by atoms with Gasteiger partial charge in [0.2, 0.25) is 0 Å². The molecule has 0 bridgehead atoms. The molecule has 0 aliphatic rings. The molecule has 0 radical (unpaired) electrons. The van der Waals surface area contributed by atoms with Crippen LogP contribution in [-0.4, -0.2) is 24.5 Å². The molecule has 318 valence electrons. The van der Waals surface area contributed by atoms with Gasteiger partial charge in [-0.2, -0.15) is 0 Å². The summed E-state index contributed by atoms with van der Waals surface area (Å²) in [6.07, 6.45) is 1.98. The van der Waals surface area contributed by atoms with Crippen molar-refractivity contribution in [2.75, 3.05) is 0 Å². The van der Waals surface area contributed by atoms with E-state index in [0.717, 1.165) is 105 Å². The van der Waals surface area contributed by atoms with Crippen LogP contribution < -0.4 is 0 Å². The first kappa shape index (κ1) is 39.1. The second-order valence-electron chi connectivity index (χ2n) is 17.0. The number of nitrogens with zero attached hydrogens (tertiary/aromatic N) is 5. The molecular weight excluding hydrogens is 831 g/mol. The molecule has 0 unspecified atom stereocenters. The van der Waals surface area contributed by atoms with Crippen molar-refractivity contribution in [3.63, 3.8) is 0 Å². The quantitative estimate of drug-likeness (QED) is 0.152. The van der Waals surface area contributed by atoms with E-state index in [-0.39, 0.29) is 0 Å². The molecule has 0 amide bonds. The highest BCUT2D eigenvalue weighted by molar-refractivity contribution is 6.17. The average Bonchev–Trinajstić information content (AvgIpc) is 3.95. The molecule has 0 fully saturated rings. The van der Waals surface area contributed by atoms with Gasteiger partial charge < -0.3 is 8.98 Å². The Morgan fingerprint density at radius 2 is 0.868 bits per heavy atom. The predicted octanol–water partition coefficient (Wildman–Crippen LogP) is 15.9. The monoisotopic (exact) mass is 869 g/mol. The van der Waals surface area contributed by atoms with E-state index >= 15 is 0 Å². The third kappa shape index (κ3) is 6.82. The van der Waals surface area contributed by atoms with Gasteiger partial charge in [-0.25, -0.2) is 15.0 Å². The lowest BCUT2D eigenvalue weighted by molar-refractivity contribution is 0.669. The van der Waals surface area contributed by atoms with E-state index in [2.05, 4.69) is 168 Å². The van der Waals surface area contributed by atoms with Gasteiger partial charge in [0.15, 0.2) is 17.5 Å². The summed E-state index contributed by atoms with van der Waals surface area (Å²) in [4.78, 5) is 20.9. The lowest BCUT2D eigenvalue weighted by atomic mass is 9.90. The number of aromatic nitrogens is 5. The van der Waals surface area contributed by atoms with Gasteiger partial charge in [0.05, 0.1) is 16.7 Å². The van der Waals surface area contributed by atoms with Gasteiger partial charge in [-0.3, -0.25) is 4.98 Å². The number of hydrogen-bond donors (Lipinski definition) is 0. The molecule has 0 saturated heterocycles. The third-order valence-electron chi connectivity index (χ3n) is 12.9. The van der Waals surface area contributed by atoms with E-state index in [9.17, 15) is 0 Å². The third-order valence-corrected chi connectivity index (χ3v) is 12.9. The van der Waals surface area contributed by atoms with Crippen LogP contribution >= 0.6 is 0 Å². The van der Waals surface area contributed by atoms with E-state index in [0.29, 0.717) is 17.5 Å². The van der Waals surface area contributed by atoms with Gasteiger partial charge in [0.1, 0.15) is 11.2 Å². The molecule has 4 heterocycles. The van der Waals surface area contributed by atoms with E-state index in [1.54, 1.807) is 0 Å². The van der Waals surface area contributed by atoms with E-state index in [4.69, 9.17) is 24.4 Å². The van der Waals surface area contributed by atoms with Crippen LogP contribution in [-0.2, 0) is 0 Å². The summed E-state index contributed by atoms with van der Waals surface area (Å²) >= 11 is 0. The molecule has 6 nitrogen and oxygen atoms in total.